The molecule has 0 heterocycles. The molecule has 0 aliphatic carbocycles. The van der Waals surface area contributed by atoms with Crippen molar-refractivity contribution in [2.75, 3.05) is 6.54 Å². The second-order valence-corrected chi connectivity index (χ2v) is 8.68. The summed E-state index contributed by atoms with van der Waals surface area (Å²) in [5, 5.41) is 25.4. The maximum absolute atomic E-state index is 13.0. The number of nitrogens with zero attached hydrogens (tertiary/aromatic N) is 1. The summed E-state index contributed by atoms with van der Waals surface area (Å²) in [7, 11) is 0. The molecule has 0 bridgehead atoms. The lowest BCUT2D eigenvalue weighted by molar-refractivity contribution is -0.143. The summed E-state index contributed by atoms with van der Waals surface area (Å²) in [5.41, 5.74) is 21.4. The molecule has 4 amide bonds. The highest BCUT2D eigenvalue weighted by Gasteiger charge is 2.31. The molecule has 13 N–H and O–H groups in total. The van der Waals surface area contributed by atoms with Gasteiger partial charge in [-0.15, -0.1) is 0 Å². The Morgan fingerprint density at radius 3 is 1.86 bits per heavy atom. The zero-order chi connectivity index (χ0) is 28.7. The molecule has 0 saturated heterocycles. The number of hydrogen-bond acceptors (Lipinski definition) is 8. The lowest BCUT2D eigenvalue weighted by Crippen LogP contribution is -2.58. The molecular weight excluding hydrogens is 492 g/mol. The monoisotopic (exact) mass is 530 g/mol. The van der Waals surface area contributed by atoms with Crippen LogP contribution in [0.5, 0.6) is 0 Å². The Labute approximate surface area is 214 Å². The number of primary amides is 1. The molecule has 0 spiro atoms. The van der Waals surface area contributed by atoms with E-state index in [0.717, 1.165) is 0 Å². The molecule has 0 aromatic heterocycles. The number of aliphatic carboxylic acids is 2. The quantitative estimate of drug-likeness (QED) is 0.0480. The van der Waals surface area contributed by atoms with E-state index < -0.39 is 72.1 Å². The van der Waals surface area contributed by atoms with Gasteiger partial charge >= 0.3 is 11.9 Å². The van der Waals surface area contributed by atoms with E-state index in [2.05, 4.69) is 20.9 Å². The van der Waals surface area contributed by atoms with E-state index in [1.54, 1.807) is 13.8 Å². The number of hydrogen-bond donors (Lipinski definition) is 9. The Morgan fingerprint density at radius 2 is 1.38 bits per heavy atom. The van der Waals surface area contributed by atoms with Crippen LogP contribution in [0.25, 0.3) is 0 Å². The van der Waals surface area contributed by atoms with Crippen LogP contribution in [0.15, 0.2) is 4.99 Å². The number of carbonyl (C=O) groups excluding carboxylic acids is 4. The second kappa shape index (κ2) is 16.7. The first-order valence-corrected chi connectivity index (χ1v) is 11.6. The molecule has 210 valence electrons. The fourth-order valence-electron chi connectivity index (χ4n) is 3.06. The molecular formula is C21H38N8O8. The van der Waals surface area contributed by atoms with E-state index in [0.29, 0.717) is 0 Å². The van der Waals surface area contributed by atoms with Crippen LogP contribution < -0.4 is 38.9 Å². The van der Waals surface area contributed by atoms with E-state index in [-0.39, 0.29) is 44.6 Å². The Hall–Kier alpha value is -3.95. The fourth-order valence-corrected chi connectivity index (χ4v) is 3.06. The summed E-state index contributed by atoms with van der Waals surface area (Å²) in [4.78, 5) is 75.3. The average Bonchev–Trinajstić information content (AvgIpc) is 2.79. The summed E-state index contributed by atoms with van der Waals surface area (Å²) < 4.78 is 0. The Bertz CT molecular complexity index is 859. The van der Waals surface area contributed by atoms with Crippen molar-refractivity contribution in [1.82, 2.24) is 16.0 Å². The van der Waals surface area contributed by atoms with Crippen LogP contribution in [0.3, 0.4) is 0 Å². The highest BCUT2D eigenvalue weighted by Crippen LogP contribution is 2.08. The predicted octanol–water partition coefficient (Wildman–Crippen LogP) is -3.31. The summed E-state index contributed by atoms with van der Waals surface area (Å²) in [6, 6.07) is -4.99. The van der Waals surface area contributed by atoms with Crippen molar-refractivity contribution < 1.29 is 39.0 Å². The summed E-state index contributed by atoms with van der Waals surface area (Å²) >= 11 is 0. The number of carboxylic acid groups (broad SMARTS) is 2. The first-order chi connectivity index (χ1) is 17.1. The number of nitrogens with one attached hydrogen (secondary N) is 3. The SMILES string of the molecule is CC(C)C(NC(=O)C(N)CCC(N)=O)C(=O)NC(CCCN=C(N)N)C(=O)NC(CCC(=O)O)C(=O)O. The normalized spacial score (nSPS) is 13.9. The Morgan fingerprint density at radius 1 is 0.784 bits per heavy atom. The van der Waals surface area contributed by atoms with E-state index in [1.807, 2.05) is 0 Å². The summed E-state index contributed by atoms with van der Waals surface area (Å²) in [6.45, 7) is 3.39. The topological polar surface area (TPSA) is 295 Å². The van der Waals surface area contributed by atoms with Gasteiger partial charge < -0.3 is 49.1 Å². The first-order valence-electron chi connectivity index (χ1n) is 11.6. The van der Waals surface area contributed by atoms with E-state index in [4.69, 9.17) is 28.0 Å². The van der Waals surface area contributed by atoms with Gasteiger partial charge in [-0.2, -0.15) is 0 Å². The van der Waals surface area contributed by atoms with Gasteiger partial charge in [-0.05, 0) is 31.6 Å². The third kappa shape index (κ3) is 14.3. The molecule has 0 radical (unpaired) electrons. The summed E-state index contributed by atoms with van der Waals surface area (Å²) in [5.74, 6) is -6.28. The molecule has 4 atom stereocenters. The molecule has 37 heavy (non-hydrogen) atoms. The van der Waals surface area contributed by atoms with Crippen molar-refractivity contribution in [1.29, 1.82) is 0 Å². The van der Waals surface area contributed by atoms with Gasteiger partial charge in [0.15, 0.2) is 5.96 Å². The van der Waals surface area contributed by atoms with Gasteiger partial charge in [0.05, 0.1) is 6.04 Å². The van der Waals surface area contributed by atoms with E-state index in [9.17, 15) is 33.9 Å². The lowest BCUT2D eigenvalue weighted by Gasteiger charge is -2.27. The highest BCUT2D eigenvalue weighted by molar-refractivity contribution is 5.94. The van der Waals surface area contributed by atoms with Crippen LogP contribution in [-0.2, 0) is 28.8 Å². The van der Waals surface area contributed by atoms with E-state index >= 15 is 0 Å². The average molecular weight is 531 g/mol. The van der Waals surface area contributed by atoms with Crippen LogP contribution in [0.1, 0.15) is 52.4 Å². The third-order valence-corrected chi connectivity index (χ3v) is 5.13. The van der Waals surface area contributed by atoms with Gasteiger partial charge in [-0.3, -0.25) is 29.0 Å². The molecule has 16 nitrogen and oxygen atoms in total. The molecule has 4 unspecified atom stereocenters. The maximum Gasteiger partial charge on any atom is 0.326 e. The zero-order valence-electron chi connectivity index (χ0n) is 20.9. The van der Waals surface area contributed by atoms with Crippen LogP contribution in [0.2, 0.25) is 0 Å². The van der Waals surface area contributed by atoms with Crippen molar-refractivity contribution >= 4 is 41.5 Å². The third-order valence-electron chi connectivity index (χ3n) is 5.13. The predicted molar refractivity (Wildman–Crippen MR) is 131 cm³/mol. The van der Waals surface area contributed by atoms with Crippen molar-refractivity contribution in [3.63, 3.8) is 0 Å². The molecule has 0 aliphatic rings. The maximum atomic E-state index is 13.0. The molecule has 0 rings (SSSR count). The number of carboxylic acids is 2. The fraction of sp³-hybridized carbons (Fsp3) is 0.667. The van der Waals surface area contributed by atoms with Gasteiger partial charge in [-0.1, -0.05) is 13.8 Å². The van der Waals surface area contributed by atoms with E-state index in [1.165, 1.54) is 0 Å². The van der Waals surface area contributed by atoms with Crippen molar-refractivity contribution in [2.45, 2.75) is 76.5 Å². The number of guanidine groups is 1. The minimum absolute atomic E-state index is 0.00346. The van der Waals surface area contributed by atoms with Crippen LogP contribution in [0.4, 0.5) is 0 Å². The largest absolute Gasteiger partial charge is 0.481 e. The number of nitrogens with two attached hydrogens (primary N) is 4. The molecule has 0 aliphatic heterocycles. The van der Waals surface area contributed by atoms with Gasteiger partial charge in [-0.25, -0.2) is 4.79 Å². The van der Waals surface area contributed by atoms with Crippen molar-refractivity contribution in [3.8, 4) is 0 Å². The standard InChI is InChI=1S/C21H38N8O8/c1-10(2)16(29-17(33)11(22)5-7-14(23)30)19(35)27-12(4-3-9-26-21(24)25)18(34)28-13(20(36)37)6-8-15(31)32/h10-13,16H,3-9,22H2,1-2H3,(H2,23,30)(H,27,35)(H,28,34)(H,29,33)(H,31,32)(H,36,37)(H4,24,25,26). The number of rotatable bonds is 18. The van der Waals surface area contributed by atoms with Crippen molar-refractivity contribution in [2.24, 2.45) is 33.8 Å². The Balaban J connectivity index is 5.57. The smallest absolute Gasteiger partial charge is 0.326 e. The van der Waals surface area contributed by atoms with Gasteiger partial charge in [0.1, 0.15) is 18.1 Å². The number of amides is 4. The highest BCUT2D eigenvalue weighted by atomic mass is 16.4. The molecule has 0 saturated carbocycles. The Kier molecular flexibility index (Phi) is 14.9. The molecule has 0 aromatic rings. The van der Waals surface area contributed by atoms with Crippen LogP contribution >= 0.6 is 0 Å². The van der Waals surface area contributed by atoms with Gasteiger partial charge in [0.25, 0.3) is 0 Å². The van der Waals surface area contributed by atoms with Crippen LogP contribution in [-0.4, -0.2) is 82.5 Å². The summed E-state index contributed by atoms with van der Waals surface area (Å²) in [6.07, 6.45) is -0.820. The van der Waals surface area contributed by atoms with Gasteiger partial charge in [0, 0.05) is 19.4 Å². The minimum Gasteiger partial charge on any atom is -0.481 e. The zero-order valence-corrected chi connectivity index (χ0v) is 20.9. The minimum atomic E-state index is -1.51. The number of aliphatic imine (C=N–C) groups is 1. The van der Waals surface area contributed by atoms with Crippen molar-refractivity contribution in [3.05, 3.63) is 0 Å². The number of carbonyl (C=O) groups is 6. The molecule has 0 fully saturated rings. The van der Waals surface area contributed by atoms with Crippen LogP contribution in [0, 0.1) is 5.92 Å². The lowest BCUT2D eigenvalue weighted by atomic mass is 10.0. The second-order valence-electron chi connectivity index (χ2n) is 8.68. The molecule has 0 aromatic carbocycles. The molecule has 16 heteroatoms. The first kappa shape index (κ1) is 33.0. The van der Waals surface area contributed by atoms with Gasteiger partial charge in [0.2, 0.25) is 23.6 Å².